The second-order valence-electron chi connectivity index (χ2n) is 4.25. The van der Waals surface area contributed by atoms with Crippen molar-refractivity contribution in [1.82, 2.24) is 5.32 Å². The van der Waals surface area contributed by atoms with Crippen LogP contribution in [-0.4, -0.2) is 33.8 Å². The SMILES string of the molecule is CCCNC(C(N)=O)c1cc(OC)c(OC)c(OC)c1. The molecule has 0 spiro atoms. The Hall–Kier alpha value is -1.95. The maximum absolute atomic E-state index is 11.6. The highest BCUT2D eigenvalue weighted by Gasteiger charge is 2.21. The minimum Gasteiger partial charge on any atom is -0.493 e. The highest BCUT2D eigenvalue weighted by atomic mass is 16.5. The fourth-order valence-electron chi connectivity index (χ4n) is 1.94. The summed E-state index contributed by atoms with van der Waals surface area (Å²) in [5, 5.41) is 3.10. The third kappa shape index (κ3) is 3.54. The first-order chi connectivity index (χ1) is 9.58. The molecule has 1 amide bonds. The summed E-state index contributed by atoms with van der Waals surface area (Å²) in [6, 6.07) is 2.85. The smallest absolute Gasteiger partial charge is 0.239 e. The van der Waals surface area contributed by atoms with E-state index >= 15 is 0 Å². The number of nitrogens with one attached hydrogen (secondary N) is 1. The first-order valence-electron chi connectivity index (χ1n) is 6.41. The van der Waals surface area contributed by atoms with Crippen molar-refractivity contribution >= 4 is 5.91 Å². The molecule has 3 N–H and O–H groups in total. The van der Waals surface area contributed by atoms with E-state index in [1.165, 1.54) is 21.3 Å². The van der Waals surface area contributed by atoms with Gasteiger partial charge in [-0.1, -0.05) is 6.92 Å². The number of amides is 1. The van der Waals surface area contributed by atoms with Crippen LogP contribution in [0.15, 0.2) is 12.1 Å². The van der Waals surface area contributed by atoms with Crippen molar-refractivity contribution in [2.24, 2.45) is 5.73 Å². The number of benzene rings is 1. The topological polar surface area (TPSA) is 82.8 Å². The Morgan fingerprint density at radius 1 is 1.20 bits per heavy atom. The molecule has 0 saturated carbocycles. The number of primary amides is 1. The molecular weight excluding hydrogens is 260 g/mol. The van der Waals surface area contributed by atoms with E-state index in [4.69, 9.17) is 19.9 Å². The molecule has 0 heterocycles. The van der Waals surface area contributed by atoms with Crippen molar-refractivity contribution in [2.75, 3.05) is 27.9 Å². The molecule has 112 valence electrons. The van der Waals surface area contributed by atoms with Crippen LogP contribution >= 0.6 is 0 Å². The van der Waals surface area contributed by atoms with Gasteiger partial charge in [-0.15, -0.1) is 0 Å². The molecule has 1 unspecified atom stereocenters. The van der Waals surface area contributed by atoms with Crippen LogP contribution in [0.2, 0.25) is 0 Å². The Morgan fingerprint density at radius 2 is 1.75 bits per heavy atom. The lowest BCUT2D eigenvalue weighted by Crippen LogP contribution is -2.34. The molecule has 1 atom stereocenters. The second-order valence-corrected chi connectivity index (χ2v) is 4.25. The Bertz CT molecular complexity index is 437. The summed E-state index contributed by atoms with van der Waals surface area (Å²) in [6.07, 6.45) is 0.897. The lowest BCUT2D eigenvalue weighted by Gasteiger charge is -2.19. The number of hydrogen-bond acceptors (Lipinski definition) is 5. The molecule has 0 aromatic heterocycles. The normalized spacial score (nSPS) is 11.8. The third-order valence-corrected chi connectivity index (χ3v) is 2.90. The zero-order valence-corrected chi connectivity index (χ0v) is 12.4. The highest BCUT2D eigenvalue weighted by molar-refractivity contribution is 5.82. The highest BCUT2D eigenvalue weighted by Crippen LogP contribution is 2.39. The zero-order chi connectivity index (χ0) is 15.1. The Balaban J connectivity index is 3.24. The summed E-state index contributed by atoms with van der Waals surface area (Å²) in [5.41, 5.74) is 6.13. The predicted molar refractivity (Wildman–Crippen MR) is 76.3 cm³/mol. The van der Waals surface area contributed by atoms with Gasteiger partial charge in [0.15, 0.2) is 11.5 Å². The molecular formula is C14H22N2O4. The van der Waals surface area contributed by atoms with Gasteiger partial charge in [0.05, 0.1) is 21.3 Å². The van der Waals surface area contributed by atoms with Crippen molar-refractivity contribution < 1.29 is 19.0 Å². The quantitative estimate of drug-likeness (QED) is 0.749. The Labute approximate surface area is 119 Å². The molecule has 1 aromatic rings. The fourth-order valence-corrected chi connectivity index (χ4v) is 1.94. The van der Waals surface area contributed by atoms with Gasteiger partial charge in [0, 0.05) is 0 Å². The third-order valence-electron chi connectivity index (χ3n) is 2.90. The van der Waals surface area contributed by atoms with Crippen LogP contribution in [0.25, 0.3) is 0 Å². The van der Waals surface area contributed by atoms with Crippen LogP contribution < -0.4 is 25.3 Å². The number of methoxy groups -OCH3 is 3. The molecule has 0 aliphatic heterocycles. The van der Waals surface area contributed by atoms with Gasteiger partial charge >= 0.3 is 0 Å². The first kappa shape index (κ1) is 16.1. The fraction of sp³-hybridized carbons (Fsp3) is 0.500. The van der Waals surface area contributed by atoms with E-state index < -0.39 is 11.9 Å². The van der Waals surface area contributed by atoms with Gasteiger partial charge in [0.2, 0.25) is 11.7 Å². The molecule has 0 radical (unpaired) electrons. The average Bonchev–Trinajstić information content (AvgIpc) is 2.45. The molecule has 0 fully saturated rings. The lowest BCUT2D eigenvalue weighted by atomic mass is 10.0. The summed E-state index contributed by atoms with van der Waals surface area (Å²) in [7, 11) is 4.58. The van der Waals surface area contributed by atoms with E-state index in [0.29, 0.717) is 29.4 Å². The second kappa shape index (κ2) is 7.59. The largest absolute Gasteiger partial charge is 0.493 e. The number of carbonyl (C=O) groups is 1. The van der Waals surface area contributed by atoms with Crippen LogP contribution in [0, 0.1) is 0 Å². The van der Waals surface area contributed by atoms with Gasteiger partial charge in [0.1, 0.15) is 6.04 Å². The van der Waals surface area contributed by atoms with Crippen molar-refractivity contribution in [2.45, 2.75) is 19.4 Å². The maximum atomic E-state index is 11.6. The summed E-state index contributed by atoms with van der Waals surface area (Å²) in [4.78, 5) is 11.6. The number of carbonyl (C=O) groups excluding carboxylic acids is 1. The molecule has 1 aromatic carbocycles. The standard InChI is InChI=1S/C14H22N2O4/c1-5-6-16-12(14(15)17)9-7-10(18-2)13(20-4)11(8-9)19-3/h7-8,12,16H,5-6H2,1-4H3,(H2,15,17). The zero-order valence-electron chi connectivity index (χ0n) is 12.4. The molecule has 20 heavy (non-hydrogen) atoms. The number of nitrogens with two attached hydrogens (primary N) is 1. The van der Waals surface area contributed by atoms with E-state index in [9.17, 15) is 4.79 Å². The van der Waals surface area contributed by atoms with Crippen LogP contribution in [0.1, 0.15) is 24.9 Å². The summed E-state index contributed by atoms with van der Waals surface area (Å²) >= 11 is 0. The summed E-state index contributed by atoms with van der Waals surface area (Å²) in [5.74, 6) is 1.02. The molecule has 1 rings (SSSR count). The average molecular weight is 282 g/mol. The molecule has 0 aliphatic carbocycles. The van der Waals surface area contributed by atoms with E-state index in [2.05, 4.69) is 5.32 Å². The predicted octanol–water partition coefficient (Wildman–Crippen LogP) is 1.24. The molecule has 0 aliphatic rings. The molecule has 6 heteroatoms. The van der Waals surface area contributed by atoms with Gasteiger partial charge in [-0.3, -0.25) is 4.79 Å². The van der Waals surface area contributed by atoms with Crippen LogP contribution in [0.5, 0.6) is 17.2 Å². The molecule has 0 bridgehead atoms. The van der Waals surface area contributed by atoms with Crippen LogP contribution in [0.4, 0.5) is 0 Å². The minimum absolute atomic E-state index is 0.451. The van der Waals surface area contributed by atoms with Gasteiger partial charge < -0.3 is 25.3 Å². The van der Waals surface area contributed by atoms with Crippen molar-refractivity contribution in [1.29, 1.82) is 0 Å². The van der Waals surface area contributed by atoms with Crippen LogP contribution in [0.3, 0.4) is 0 Å². The van der Waals surface area contributed by atoms with Crippen molar-refractivity contribution in [3.05, 3.63) is 17.7 Å². The Morgan fingerprint density at radius 3 is 2.10 bits per heavy atom. The van der Waals surface area contributed by atoms with E-state index in [1.54, 1.807) is 12.1 Å². The van der Waals surface area contributed by atoms with Crippen LogP contribution in [-0.2, 0) is 4.79 Å². The van der Waals surface area contributed by atoms with E-state index in [1.807, 2.05) is 6.92 Å². The monoisotopic (exact) mass is 282 g/mol. The number of ether oxygens (including phenoxy) is 3. The van der Waals surface area contributed by atoms with Crippen molar-refractivity contribution in [3.8, 4) is 17.2 Å². The first-order valence-corrected chi connectivity index (χ1v) is 6.41. The minimum atomic E-state index is -0.594. The molecule has 0 saturated heterocycles. The van der Waals surface area contributed by atoms with Crippen molar-refractivity contribution in [3.63, 3.8) is 0 Å². The van der Waals surface area contributed by atoms with Gasteiger partial charge in [0.25, 0.3) is 0 Å². The van der Waals surface area contributed by atoms with E-state index in [-0.39, 0.29) is 0 Å². The van der Waals surface area contributed by atoms with Gasteiger partial charge in [-0.05, 0) is 30.7 Å². The Kier molecular flexibility index (Phi) is 6.11. The lowest BCUT2D eigenvalue weighted by molar-refractivity contribution is -0.120. The molecule has 6 nitrogen and oxygen atoms in total. The van der Waals surface area contributed by atoms with Gasteiger partial charge in [-0.2, -0.15) is 0 Å². The number of hydrogen-bond donors (Lipinski definition) is 2. The summed E-state index contributed by atoms with van der Waals surface area (Å²) < 4.78 is 15.8. The number of rotatable bonds is 8. The maximum Gasteiger partial charge on any atom is 0.239 e. The summed E-state index contributed by atoms with van der Waals surface area (Å²) in [6.45, 7) is 2.70. The van der Waals surface area contributed by atoms with Gasteiger partial charge in [-0.25, -0.2) is 0 Å². The van der Waals surface area contributed by atoms with E-state index in [0.717, 1.165) is 6.42 Å².